The van der Waals surface area contributed by atoms with Crippen LogP contribution in [0.2, 0.25) is 0 Å². The summed E-state index contributed by atoms with van der Waals surface area (Å²) in [5.74, 6) is -0.787. The van der Waals surface area contributed by atoms with Crippen LogP contribution >= 0.6 is 0 Å². The summed E-state index contributed by atoms with van der Waals surface area (Å²) in [6.45, 7) is 5.62. The lowest BCUT2D eigenvalue weighted by molar-refractivity contribution is -0.142. The highest BCUT2D eigenvalue weighted by Crippen LogP contribution is 2.42. The Morgan fingerprint density at radius 2 is 1.85 bits per heavy atom. The van der Waals surface area contributed by atoms with Crippen molar-refractivity contribution in [2.24, 2.45) is 0 Å². The van der Waals surface area contributed by atoms with Crippen LogP contribution in [0.5, 0.6) is 5.75 Å². The van der Waals surface area contributed by atoms with Gasteiger partial charge in [0, 0.05) is 18.0 Å². The van der Waals surface area contributed by atoms with Gasteiger partial charge in [-0.05, 0) is 44.0 Å². The number of nitrogens with zero attached hydrogens (tertiary/aromatic N) is 1. The maximum atomic E-state index is 12.6. The number of hydrogen-bond donors (Lipinski definition) is 1. The number of methoxy groups -OCH3 is 1. The van der Waals surface area contributed by atoms with Crippen molar-refractivity contribution in [1.29, 1.82) is 0 Å². The van der Waals surface area contributed by atoms with Gasteiger partial charge in [0.25, 0.3) is 0 Å². The largest absolute Gasteiger partial charge is 0.496 e. The molecule has 2 aromatic rings. The van der Waals surface area contributed by atoms with Crippen molar-refractivity contribution >= 4 is 22.8 Å². The molecule has 2 aromatic carbocycles. The molecule has 1 amide bonds. The van der Waals surface area contributed by atoms with E-state index in [1.165, 1.54) is 4.90 Å². The molecule has 1 heterocycles. The molecule has 1 saturated heterocycles. The van der Waals surface area contributed by atoms with Crippen LogP contribution < -0.4 is 4.74 Å². The molecule has 3 rings (SSSR count). The molecule has 0 spiro atoms. The number of fused-ring (bicyclic) bond motifs is 1. The minimum atomic E-state index is -1.04. The standard InChI is InChI=1S/C21H25NO5/c1-21(2,3)27-20(25)22-12-11-15(18(22)19(23)24)17-14-8-6-5-7-13(14)9-10-16(17)26-4/h5-10,15,18H,11-12H2,1-4H3,(H,23,24)/t15-,18-/m0/s1. The first kappa shape index (κ1) is 19.0. The Morgan fingerprint density at radius 3 is 2.48 bits per heavy atom. The zero-order valence-corrected chi connectivity index (χ0v) is 16.1. The van der Waals surface area contributed by atoms with E-state index in [1.807, 2.05) is 36.4 Å². The molecule has 1 aliphatic rings. The van der Waals surface area contributed by atoms with E-state index in [1.54, 1.807) is 27.9 Å². The van der Waals surface area contributed by atoms with Gasteiger partial charge in [0.05, 0.1) is 7.11 Å². The summed E-state index contributed by atoms with van der Waals surface area (Å²) in [6.07, 6.45) is -0.0720. The normalized spacial score (nSPS) is 19.9. The molecule has 1 aliphatic heterocycles. The molecular formula is C21H25NO5. The van der Waals surface area contributed by atoms with Gasteiger partial charge in [0.15, 0.2) is 0 Å². The first-order valence-corrected chi connectivity index (χ1v) is 9.01. The SMILES string of the molecule is COc1ccc2ccccc2c1[C@@H]1CCN(C(=O)OC(C)(C)C)[C@@H]1C(=O)O. The number of likely N-dealkylation sites (tertiary alicyclic amines) is 1. The second kappa shape index (κ2) is 7.10. The van der Waals surface area contributed by atoms with E-state index in [0.29, 0.717) is 18.7 Å². The van der Waals surface area contributed by atoms with Gasteiger partial charge in [-0.15, -0.1) is 0 Å². The lowest BCUT2D eigenvalue weighted by atomic mass is 9.87. The molecule has 1 fully saturated rings. The van der Waals surface area contributed by atoms with Gasteiger partial charge >= 0.3 is 12.1 Å². The summed E-state index contributed by atoms with van der Waals surface area (Å²) in [7, 11) is 1.57. The lowest BCUT2D eigenvalue weighted by Crippen LogP contribution is -2.45. The van der Waals surface area contributed by atoms with Gasteiger partial charge < -0.3 is 14.6 Å². The lowest BCUT2D eigenvalue weighted by Gasteiger charge is -2.29. The van der Waals surface area contributed by atoms with Gasteiger partial charge in [-0.3, -0.25) is 4.90 Å². The average molecular weight is 371 g/mol. The van der Waals surface area contributed by atoms with Crippen LogP contribution in [0.4, 0.5) is 4.79 Å². The van der Waals surface area contributed by atoms with Crippen molar-refractivity contribution in [3.8, 4) is 5.75 Å². The highest BCUT2D eigenvalue weighted by molar-refractivity contribution is 5.90. The molecule has 0 bridgehead atoms. The maximum Gasteiger partial charge on any atom is 0.411 e. The second-order valence-electron chi connectivity index (χ2n) is 7.75. The number of carboxylic acids is 1. The van der Waals surface area contributed by atoms with Crippen LogP contribution in [-0.2, 0) is 9.53 Å². The molecule has 0 radical (unpaired) electrons. The number of rotatable bonds is 3. The number of carboxylic acid groups (broad SMARTS) is 1. The molecule has 0 saturated carbocycles. The zero-order valence-electron chi connectivity index (χ0n) is 16.1. The Hall–Kier alpha value is -2.76. The highest BCUT2D eigenvalue weighted by atomic mass is 16.6. The van der Waals surface area contributed by atoms with Crippen molar-refractivity contribution in [3.05, 3.63) is 42.0 Å². The number of benzene rings is 2. The molecule has 1 N–H and O–H groups in total. The molecule has 144 valence electrons. The number of carbonyl (C=O) groups excluding carboxylic acids is 1. The van der Waals surface area contributed by atoms with Crippen LogP contribution in [0.1, 0.15) is 38.7 Å². The van der Waals surface area contributed by atoms with Crippen LogP contribution in [0.15, 0.2) is 36.4 Å². The van der Waals surface area contributed by atoms with E-state index in [-0.39, 0.29) is 5.92 Å². The van der Waals surface area contributed by atoms with Gasteiger partial charge in [0.1, 0.15) is 17.4 Å². The summed E-state index contributed by atoms with van der Waals surface area (Å²) in [6, 6.07) is 10.6. The predicted octanol–water partition coefficient (Wildman–Crippen LogP) is 4.03. The van der Waals surface area contributed by atoms with Crippen molar-refractivity contribution in [2.75, 3.05) is 13.7 Å². The van der Waals surface area contributed by atoms with Crippen molar-refractivity contribution < 1.29 is 24.2 Å². The molecule has 0 aromatic heterocycles. The molecule has 2 atom stereocenters. The third-order valence-electron chi connectivity index (χ3n) is 4.80. The van der Waals surface area contributed by atoms with Crippen LogP contribution in [0.3, 0.4) is 0 Å². The third-order valence-corrected chi connectivity index (χ3v) is 4.80. The van der Waals surface area contributed by atoms with E-state index < -0.39 is 23.7 Å². The van der Waals surface area contributed by atoms with E-state index in [4.69, 9.17) is 9.47 Å². The Kier molecular flexibility index (Phi) is 5.00. The number of hydrogen-bond acceptors (Lipinski definition) is 4. The topological polar surface area (TPSA) is 76.1 Å². The number of amides is 1. The van der Waals surface area contributed by atoms with Gasteiger partial charge in [-0.2, -0.15) is 0 Å². The zero-order chi connectivity index (χ0) is 19.8. The molecular weight excluding hydrogens is 346 g/mol. The Bertz CT molecular complexity index is 870. The first-order valence-electron chi connectivity index (χ1n) is 9.01. The van der Waals surface area contributed by atoms with Gasteiger partial charge in [-0.1, -0.05) is 30.3 Å². The average Bonchev–Trinajstić information content (AvgIpc) is 3.04. The second-order valence-corrected chi connectivity index (χ2v) is 7.75. The minimum absolute atomic E-state index is 0.322. The van der Waals surface area contributed by atoms with E-state index in [9.17, 15) is 14.7 Å². The molecule has 6 heteroatoms. The van der Waals surface area contributed by atoms with Crippen LogP contribution in [-0.4, -0.2) is 47.4 Å². The highest BCUT2D eigenvalue weighted by Gasteiger charge is 2.45. The Labute approximate surface area is 158 Å². The third kappa shape index (κ3) is 3.70. The van der Waals surface area contributed by atoms with Gasteiger partial charge in [-0.25, -0.2) is 9.59 Å². The van der Waals surface area contributed by atoms with E-state index in [2.05, 4.69) is 0 Å². The van der Waals surface area contributed by atoms with Crippen molar-refractivity contribution in [3.63, 3.8) is 0 Å². The monoisotopic (exact) mass is 371 g/mol. The summed E-state index contributed by atoms with van der Waals surface area (Å²) in [5, 5.41) is 11.9. The summed E-state index contributed by atoms with van der Waals surface area (Å²) in [5.41, 5.74) is 0.143. The smallest absolute Gasteiger partial charge is 0.411 e. The van der Waals surface area contributed by atoms with E-state index >= 15 is 0 Å². The van der Waals surface area contributed by atoms with Crippen LogP contribution in [0, 0.1) is 0 Å². The minimum Gasteiger partial charge on any atom is -0.496 e. The Balaban J connectivity index is 2.06. The summed E-state index contributed by atoms with van der Waals surface area (Å²) >= 11 is 0. The molecule has 0 unspecified atom stereocenters. The summed E-state index contributed by atoms with van der Waals surface area (Å²) < 4.78 is 11.0. The van der Waals surface area contributed by atoms with E-state index in [0.717, 1.165) is 16.3 Å². The first-order chi connectivity index (χ1) is 12.7. The fraction of sp³-hybridized carbons (Fsp3) is 0.429. The molecule has 27 heavy (non-hydrogen) atoms. The van der Waals surface area contributed by atoms with Crippen molar-refractivity contribution in [1.82, 2.24) is 4.90 Å². The molecule has 0 aliphatic carbocycles. The summed E-state index contributed by atoms with van der Waals surface area (Å²) in [4.78, 5) is 26.0. The number of ether oxygens (including phenoxy) is 2. The Morgan fingerprint density at radius 1 is 1.15 bits per heavy atom. The fourth-order valence-electron chi connectivity index (χ4n) is 3.76. The van der Waals surface area contributed by atoms with Crippen LogP contribution in [0.25, 0.3) is 10.8 Å². The van der Waals surface area contributed by atoms with Crippen molar-refractivity contribution in [2.45, 2.75) is 44.8 Å². The molecule has 6 nitrogen and oxygen atoms in total. The fourth-order valence-corrected chi connectivity index (χ4v) is 3.76. The predicted molar refractivity (Wildman–Crippen MR) is 102 cm³/mol. The number of carbonyl (C=O) groups is 2. The maximum absolute atomic E-state index is 12.6. The quantitative estimate of drug-likeness (QED) is 0.882. The number of aliphatic carboxylic acids is 1. The van der Waals surface area contributed by atoms with Gasteiger partial charge in [0.2, 0.25) is 0 Å².